The van der Waals surface area contributed by atoms with Crippen molar-refractivity contribution in [2.75, 3.05) is 6.61 Å². The van der Waals surface area contributed by atoms with Crippen LogP contribution in [-0.2, 0) is 9.47 Å². The molecule has 1 rings (SSSR count). The first-order valence-electron chi connectivity index (χ1n) is 6.19. The molecule has 1 atom stereocenters. The summed E-state index contributed by atoms with van der Waals surface area (Å²) in [7, 11) is 0. The van der Waals surface area contributed by atoms with Crippen LogP contribution in [0, 0.1) is 0 Å². The van der Waals surface area contributed by atoms with Crippen LogP contribution >= 0.6 is 0 Å². The van der Waals surface area contributed by atoms with Crippen LogP contribution in [0.2, 0.25) is 6.32 Å². The SMILES string of the molecule is CC(C)(C)OC(=O)N1C(C[B-](F)(F)F)COC1(C)C. The van der Waals surface area contributed by atoms with Gasteiger partial charge >= 0.3 is 13.1 Å². The summed E-state index contributed by atoms with van der Waals surface area (Å²) < 4.78 is 48.1. The highest BCUT2D eigenvalue weighted by atomic mass is 19.4. The highest BCUT2D eigenvalue weighted by molar-refractivity contribution is 6.58. The molecule has 0 aromatic rings. The van der Waals surface area contributed by atoms with Crippen LogP contribution in [0.1, 0.15) is 34.6 Å². The fourth-order valence-electron chi connectivity index (χ4n) is 2.05. The monoisotopic (exact) mass is 282 g/mol. The van der Waals surface area contributed by atoms with Gasteiger partial charge in [0.05, 0.1) is 6.61 Å². The zero-order valence-corrected chi connectivity index (χ0v) is 11.9. The Bertz CT molecular complexity index is 352. The third-order valence-electron chi connectivity index (χ3n) is 2.70. The minimum Gasteiger partial charge on any atom is -0.449 e. The summed E-state index contributed by atoms with van der Waals surface area (Å²) in [6.45, 7) is 2.99. The average Bonchev–Trinajstić information content (AvgIpc) is 2.34. The predicted octanol–water partition coefficient (Wildman–Crippen LogP) is 3.21. The average molecular weight is 282 g/mol. The largest absolute Gasteiger partial charge is 0.480 e. The first-order valence-corrected chi connectivity index (χ1v) is 6.19. The van der Waals surface area contributed by atoms with Crippen LogP contribution in [-0.4, -0.2) is 41.9 Å². The van der Waals surface area contributed by atoms with Crippen LogP contribution in [0.25, 0.3) is 0 Å². The first-order chi connectivity index (χ1) is 8.32. The van der Waals surface area contributed by atoms with Crippen molar-refractivity contribution in [2.24, 2.45) is 0 Å². The first kappa shape index (κ1) is 16.1. The Morgan fingerprint density at radius 1 is 1.42 bits per heavy atom. The Hall–Kier alpha value is -0.915. The van der Waals surface area contributed by atoms with E-state index in [2.05, 4.69) is 0 Å². The van der Waals surface area contributed by atoms with E-state index in [9.17, 15) is 17.7 Å². The molecule has 0 aromatic carbocycles. The van der Waals surface area contributed by atoms with Crippen LogP contribution in [0.4, 0.5) is 17.7 Å². The standard InChI is InChI=1S/C11H20BF3NO3/c1-10(2,3)19-9(17)16-8(6-12(13,14)15)7-18-11(16,4)5/h8H,6-7H2,1-5H3/q-1. The molecule has 1 saturated heterocycles. The fourth-order valence-corrected chi connectivity index (χ4v) is 2.05. The molecule has 4 nitrogen and oxygen atoms in total. The van der Waals surface area contributed by atoms with Crippen LogP contribution < -0.4 is 0 Å². The highest BCUT2D eigenvalue weighted by Gasteiger charge is 2.47. The van der Waals surface area contributed by atoms with Crippen LogP contribution in [0.3, 0.4) is 0 Å². The number of ether oxygens (including phenoxy) is 2. The Morgan fingerprint density at radius 2 is 1.95 bits per heavy atom. The number of carbonyl (C=O) groups is 1. The number of halogens is 3. The molecule has 1 fully saturated rings. The van der Waals surface area contributed by atoms with E-state index in [4.69, 9.17) is 9.47 Å². The number of nitrogens with zero attached hydrogens (tertiary/aromatic N) is 1. The second kappa shape index (κ2) is 4.88. The highest BCUT2D eigenvalue weighted by Crippen LogP contribution is 2.34. The summed E-state index contributed by atoms with van der Waals surface area (Å²) in [4.78, 5) is 13.1. The number of rotatable bonds is 2. The summed E-state index contributed by atoms with van der Waals surface area (Å²) in [5, 5.41) is 0. The molecule has 0 aromatic heterocycles. The van der Waals surface area contributed by atoms with Gasteiger partial charge in [-0.1, -0.05) is 6.32 Å². The van der Waals surface area contributed by atoms with Gasteiger partial charge in [0.2, 0.25) is 0 Å². The maximum atomic E-state index is 12.6. The molecule has 1 aliphatic rings. The van der Waals surface area contributed by atoms with Gasteiger partial charge < -0.3 is 22.4 Å². The molecule has 1 aliphatic heterocycles. The summed E-state index contributed by atoms with van der Waals surface area (Å²) in [5.74, 6) is 0. The van der Waals surface area contributed by atoms with Crippen LogP contribution in [0.15, 0.2) is 0 Å². The minimum absolute atomic E-state index is 0.131. The lowest BCUT2D eigenvalue weighted by atomic mass is 9.81. The summed E-state index contributed by atoms with van der Waals surface area (Å²) >= 11 is 0. The van der Waals surface area contributed by atoms with Gasteiger partial charge in [0, 0.05) is 6.04 Å². The van der Waals surface area contributed by atoms with Gasteiger partial charge in [-0.3, -0.25) is 4.90 Å². The molecule has 0 saturated carbocycles. The predicted molar refractivity (Wildman–Crippen MR) is 65.8 cm³/mol. The topological polar surface area (TPSA) is 38.8 Å². The quantitative estimate of drug-likeness (QED) is 0.730. The molecule has 19 heavy (non-hydrogen) atoms. The smallest absolute Gasteiger partial charge is 0.449 e. The molecule has 0 spiro atoms. The van der Waals surface area contributed by atoms with E-state index < -0.39 is 36.8 Å². The zero-order valence-electron chi connectivity index (χ0n) is 11.9. The molecule has 0 aliphatic carbocycles. The van der Waals surface area contributed by atoms with Crippen molar-refractivity contribution in [1.29, 1.82) is 0 Å². The molecule has 0 bridgehead atoms. The normalized spacial score (nSPS) is 23.6. The van der Waals surface area contributed by atoms with Crippen LogP contribution in [0.5, 0.6) is 0 Å². The van der Waals surface area contributed by atoms with Crippen molar-refractivity contribution < 1.29 is 27.2 Å². The molecule has 1 unspecified atom stereocenters. The Balaban J connectivity index is 2.87. The van der Waals surface area contributed by atoms with Crippen molar-refractivity contribution >= 4 is 13.1 Å². The van der Waals surface area contributed by atoms with Crippen molar-refractivity contribution in [3.63, 3.8) is 0 Å². The van der Waals surface area contributed by atoms with Crippen molar-refractivity contribution in [3.8, 4) is 0 Å². The van der Waals surface area contributed by atoms with Gasteiger partial charge in [-0.05, 0) is 34.6 Å². The summed E-state index contributed by atoms with van der Waals surface area (Å²) in [6.07, 6.45) is -1.82. The molecule has 0 N–H and O–H groups in total. The molecule has 1 heterocycles. The molecular formula is C11H20BF3NO3-. The lowest BCUT2D eigenvalue weighted by molar-refractivity contribution is -0.0619. The minimum atomic E-state index is -4.99. The maximum Gasteiger partial charge on any atom is 0.480 e. The van der Waals surface area contributed by atoms with E-state index in [1.807, 2.05) is 0 Å². The molecular weight excluding hydrogens is 262 g/mol. The second-order valence-corrected chi connectivity index (χ2v) is 6.21. The van der Waals surface area contributed by atoms with Crippen molar-refractivity contribution in [1.82, 2.24) is 4.90 Å². The van der Waals surface area contributed by atoms with E-state index in [0.717, 1.165) is 4.90 Å². The number of carbonyl (C=O) groups excluding carboxylic acids is 1. The van der Waals surface area contributed by atoms with Gasteiger partial charge in [0.1, 0.15) is 11.3 Å². The van der Waals surface area contributed by atoms with Gasteiger partial charge in [-0.15, -0.1) is 0 Å². The van der Waals surface area contributed by atoms with E-state index in [1.165, 1.54) is 0 Å². The maximum absolute atomic E-state index is 12.6. The summed E-state index contributed by atoms with van der Waals surface area (Å²) in [6, 6.07) is -1.02. The van der Waals surface area contributed by atoms with E-state index in [0.29, 0.717) is 0 Å². The lowest BCUT2D eigenvalue weighted by Gasteiger charge is -2.36. The molecule has 112 valence electrons. The summed E-state index contributed by atoms with van der Waals surface area (Å²) in [5.41, 5.74) is -1.85. The Kier molecular flexibility index (Phi) is 4.15. The lowest BCUT2D eigenvalue weighted by Crippen LogP contribution is -2.51. The number of hydrogen-bond donors (Lipinski definition) is 0. The van der Waals surface area contributed by atoms with Crippen molar-refractivity contribution in [2.45, 2.75) is 58.3 Å². The van der Waals surface area contributed by atoms with Gasteiger partial charge in [0.25, 0.3) is 0 Å². The number of hydrogen-bond acceptors (Lipinski definition) is 3. The zero-order chi connectivity index (χ0) is 15.1. The van der Waals surface area contributed by atoms with E-state index >= 15 is 0 Å². The van der Waals surface area contributed by atoms with Gasteiger partial charge in [0.15, 0.2) is 0 Å². The Morgan fingerprint density at radius 3 is 2.37 bits per heavy atom. The fraction of sp³-hybridized carbons (Fsp3) is 0.909. The van der Waals surface area contributed by atoms with Gasteiger partial charge in [-0.25, -0.2) is 4.79 Å². The van der Waals surface area contributed by atoms with Gasteiger partial charge in [-0.2, -0.15) is 0 Å². The number of amides is 1. The molecule has 0 radical (unpaired) electrons. The second-order valence-electron chi connectivity index (χ2n) is 6.21. The van der Waals surface area contributed by atoms with E-state index in [-0.39, 0.29) is 6.61 Å². The third kappa shape index (κ3) is 4.60. The molecule has 1 amide bonds. The molecule has 8 heteroatoms. The third-order valence-corrected chi connectivity index (χ3v) is 2.70. The Labute approximate surface area is 111 Å². The van der Waals surface area contributed by atoms with E-state index in [1.54, 1.807) is 34.6 Å². The van der Waals surface area contributed by atoms with Crippen molar-refractivity contribution in [3.05, 3.63) is 0 Å².